The van der Waals surface area contributed by atoms with Gasteiger partial charge in [-0.3, -0.25) is 4.79 Å². The number of hydrogen-bond donors (Lipinski definition) is 2. The molecule has 0 fully saturated rings. The molecule has 0 saturated heterocycles. The molecule has 0 saturated carbocycles. The fourth-order valence-corrected chi connectivity index (χ4v) is 2.97. The summed E-state index contributed by atoms with van der Waals surface area (Å²) in [4.78, 5) is 14.5. The van der Waals surface area contributed by atoms with Gasteiger partial charge < -0.3 is 15.7 Å². The largest absolute Gasteiger partial charge is 0.507 e. The number of anilines is 2. The third-order valence-corrected chi connectivity index (χ3v) is 4.57. The van der Waals surface area contributed by atoms with Gasteiger partial charge in [0.25, 0.3) is 5.91 Å². The Balaban J connectivity index is 1.98. The highest BCUT2D eigenvalue weighted by Gasteiger charge is 2.24. The molecule has 2 aromatic carbocycles. The van der Waals surface area contributed by atoms with Crippen LogP contribution in [0.3, 0.4) is 0 Å². The van der Waals surface area contributed by atoms with Gasteiger partial charge in [-0.05, 0) is 77.4 Å². The summed E-state index contributed by atoms with van der Waals surface area (Å²) in [6.45, 7) is 0.683. The van der Waals surface area contributed by atoms with Crippen molar-refractivity contribution in [2.75, 3.05) is 17.2 Å². The van der Waals surface area contributed by atoms with Gasteiger partial charge in [-0.15, -0.1) is 0 Å². The summed E-state index contributed by atoms with van der Waals surface area (Å²) in [6.07, 6.45) is 1.85. The second-order valence-corrected chi connectivity index (χ2v) is 6.28. The molecule has 3 rings (SSSR count). The van der Waals surface area contributed by atoms with Gasteiger partial charge in [-0.25, -0.2) is 0 Å². The molecular formula is C16H15IN2O2. The Morgan fingerprint density at radius 3 is 2.81 bits per heavy atom. The standard InChI is InChI=1S/C16H15IN2O2/c17-13-5-3-11(9-15(13)20)16(21)19-7-1-2-10-8-12(18)4-6-14(10)19/h3-6,8-9,20H,1-2,7,18H2. The summed E-state index contributed by atoms with van der Waals surface area (Å²) in [5.41, 5.74) is 9.05. The van der Waals surface area contributed by atoms with E-state index in [2.05, 4.69) is 0 Å². The first-order valence-corrected chi connectivity index (χ1v) is 7.83. The van der Waals surface area contributed by atoms with Crippen molar-refractivity contribution < 1.29 is 9.90 Å². The molecule has 0 aromatic heterocycles. The lowest BCUT2D eigenvalue weighted by Gasteiger charge is -2.29. The molecule has 2 aromatic rings. The predicted octanol–water partition coefficient (Wildman–Crippen LogP) is 3.17. The molecule has 1 amide bonds. The van der Waals surface area contributed by atoms with Crippen molar-refractivity contribution in [2.24, 2.45) is 0 Å². The molecule has 1 aliphatic heterocycles. The Kier molecular flexibility index (Phi) is 3.75. The number of nitrogen functional groups attached to an aromatic ring is 1. The molecule has 0 aliphatic carbocycles. The highest BCUT2D eigenvalue weighted by Crippen LogP contribution is 2.31. The third kappa shape index (κ3) is 2.70. The minimum atomic E-state index is -0.0904. The molecule has 1 aliphatic rings. The average molecular weight is 394 g/mol. The highest BCUT2D eigenvalue weighted by atomic mass is 127. The number of phenols is 1. The van der Waals surface area contributed by atoms with Crippen molar-refractivity contribution in [1.82, 2.24) is 0 Å². The number of phenolic OH excluding ortho intramolecular Hbond substituents is 1. The number of hydrogen-bond acceptors (Lipinski definition) is 3. The number of carbonyl (C=O) groups excluding carboxylic acids is 1. The average Bonchev–Trinajstić information content (AvgIpc) is 2.48. The Hall–Kier alpha value is -1.76. The zero-order chi connectivity index (χ0) is 15.0. The van der Waals surface area contributed by atoms with E-state index in [4.69, 9.17) is 5.73 Å². The minimum absolute atomic E-state index is 0.0904. The maximum Gasteiger partial charge on any atom is 0.258 e. The zero-order valence-corrected chi connectivity index (χ0v) is 13.5. The summed E-state index contributed by atoms with van der Waals surface area (Å²) in [5, 5.41) is 9.78. The first-order chi connectivity index (χ1) is 10.1. The van der Waals surface area contributed by atoms with Crippen LogP contribution in [0.4, 0.5) is 11.4 Å². The maximum absolute atomic E-state index is 12.7. The molecule has 1 heterocycles. The van der Waals surface area contributed by atoms with Crippen LogP contribution >= 0.6 is 22.6 Å². The predicted molar refractivity (Wildman–Crippen MR) is 91.7 cm³/mol. The van der Waals surface area contributed by atoms with Crippen LogP contribution in [0.1, 0.15) is 22.3 Å². The fraction of sp³-hybridized carbons (Fsp3) is 0.188. The first kappa shape index (κ1) is 14.2. The number of nitrogens with two attached hydrogens (primary N) is 1. The van der Waals surface area contributed by atoms with Crippen LogP contribution in [0.15, 0.2) is 36.4 Å². The number of rotatable bonds is 1. The second-order valence-electron chi connectivity index (χ2n) is 5.11. The molecule has 0 atom stereocenters. The SMILES string of the molecule is Nc1ccc2c(c1)CCCN2C(=O)c1ccc(I)c(O)c1. The summed E-state index contributed by atoms with van der Waals surface area (Å²) in [7, 11) is 0. The van der Waals surface area contributed by atoms with Crippen LogP contribution in [0.2, 0.25) is 0 Å². The quantitative estimate of drug-likeness (QED) is 0.577. The molecule has 0 radical (unpaired) electrons. The van der Waals surface area contributed by atoms with Crippen molar-refractivity contribution >= 4 is 39.9 Å². The van der Waals surface area contributed by atoms with Gasteiger partial charge in [-0.2, -0.15) is 0 Å². The van der Waals surface area contributed by atoms with Crippen molar-refractivity contribution in [3.63, 3.8) is 0 Å². The van der Waals surface area contributed by atoms with Crippen LogP contribution in [0.5, 0.6) is 5.75 Å². The van der Waals surface area contributed by atoms with E-state index < -0.39 is 0 Å². The van der Waals surface area contributed by atoms with Crippen LogP contribution in [-0.4, -0.2) is 17.6 Å². The molecule has 0 spiro atoms. The summed E-state index contributed by atoms with van der Waals surface area (Å²) < 4.78 is 0.732. The number of amides is 1. The molecule has 108 valence electrons. The number of nitrogens with zero attached hydrogens (tertiary/aromatic N) is 1. The second kappa shape index (κ2) is 5.55. The van der Waals surface area contributed by atoms with Crippen molar-refractivity contribution in [3.05, 3.63) is 51.1 Å². The maximum atomic E-state index is 12.7. The number of halogens is 1. The molecular weight excluding hydrogens is 379 g/mol. The van der Waals surface area contributed by atoms with Crippen LogP contribution in [-0.2, 0) is 6.42 Å². The van der Waals surface area contributed by atoms with Crippen molar-refractivity contribution in [3.8, 4) is 5.75 Å². The molecule has 4 nitrogen and oxygen atoms in total. The molecule has 0 bridgehead atoms. The van der Waals surface area contributed by atoms with Gasteiger partial charge in [-0.1, -0.05) is 0 Å². The van der Waals surface area contributed by atoms with Gasteiger partial charge in [0.15, 0.2) is 0 Å². The number of aromatic hydroxyl groups is 1. The van der Waals surface area contributed by atoms with E-state index in [9.17, 15) is 9.90 Å². The fourth-order valence-electron chi connectivity index (χ4n) is 2.63. The van der Waals surface area contributed by atoms with E-state index in [1.807, 2.05) is 40.8 Å². The normalized spacial score (nSPS) is 13.9. The van der Waals surface area contributed by atoms with Gasteiger partial charge in [0.1, 0.15) is 5.75 Å². The molecule has 3 N–H and O–H groups in total. The lowest BCUT2D eigenvalue weighted by Crippen LogP contribution is -2.35. The highest BCUT2D eigenvalue weighted by molar-refractivity contribution is 14.1. The van der Waals surface area contributed by atoms with Crippen LogP contribution < -0.4 is 10.6 Å². The van der Waals surface area contributed by atoms with Crippen LogP contribution in [0.25, 0.3) is 0 Å². The van der Waals surface area contributed by atoms with Gasteiger partial charge in [0.2, 0.25) is 0 Å². The van der Waals surface area contributed by atoms with Gasteiger partial charge in [0.05, 0.1) is 3.57 Å². The zero-order valence-electron chi connectivity index (χ0n) is 11.3. The van der Waals surface area contributed by atoms with E-state index in [1.54, 1.807) is 17.0 Å². The number of fused-ring (bicyclic) bond motifs is 1. The molecule has 21 heavy (non-hydrogen) atoms. The monoisotopic (exact) mass is 394 g/mol. The van der Waals surface area contributed by atoms with E-state index >= 15 is 0 Å². The van der Waals surface area contributed by atoms with E-state index in [1.165, 1.54) is 6.07 Å². The van der Waals surface area contributed by atoms with E-state index in [0.717, 1.165) is 33.4 Å². The van der Waals surface area contributed by atoms with Crippen molar-refractivity contribution in [2.45, 2.75) is 12.8 Å². The third-order valence-electron chi connectivity index (χ3n) is 3.66. The summed E-state index contributed by atoms with van der Waals surface area (Å²) in [5.74, 6) is 0.0448. The Labute approximate surface area is 136 Å². The number of carbonyl (C=O) groups is 1. The van der Waals surface area contributed by atoms with E-state index in [0.29, 0.717) is 12.1 Å². The lowest BCUT2D eigenvalue weighted by molar-refractivity contribution is 0.0984. The topological polar surface area (TPSA) is 66.6 Å². The Bertz CT molecular complexity index is 715. The van der Waals surface area contributed by atoms with Crippen molar-refractivity contribution in [1.29, 1.82) is 0 Å². The van der Waals surface area contributed by atoms with Gasteiger partial charge >= 0.3 is 0 Å². The Morgan fingerprint density at radius 1 is 1.24 bits per heavy atom. The summed E-state index contributed by atoms with van der Waals surface area (Å²) in [6, 6.07) is 10.7. The minimum Gasteiger partial charge on any atom is -0.507 e. The smallest absolute Gasteiger partial charge is 0.258 e. The van der Waals surface area contributed by atoms with Crippen LogP contribution in [0, 0.1) is 3.57 Å². The first-order valence-electron chi connectivity index (χ1n) is 6.75. The summed E-state index contributed by atoms with van der Waals surface area (Å²) >= 11 is 2.03. The molecule has 0 unspecified atom stereocenters. The number of benzene rings is 2. The number of aryl methyl sites for hydroxylation is 1. The molecule has 5 heteroatoms. The van der Waals surface area contributed by atoms with E-state index in [-0.39, 0.29) is 11.7 Å². The van der Waals surface area contributed by atoms with Gasteiger partial charge in [0, 0.05) is 23.5 Å². The Morgan fingerprint density at radius 2 is 2.05 bits per heavy atom. The lowest BCUT2D eigenvalue weighted by atomic mass is 10.00.